The summed E-state index contributed by atoms with van der Waals surface area (Å²) in [6, 6.07) is 8.25. The van der Waals surface area contributed by atoms with Crippen LogP contribution in [0.5, 0.6) is 0 Å². The smallest absolute Gasteiger partial charge is 0.169 e. The fourth-order valence-corrected chi connectivity index (χ4v) is 3.42. The molecule has 0 fully saturated rings. The number of halogens is 1. The van der Waals surface area contributed by atoms with E-state index in [1.54, 1.807) is 6.33 Å². The monoisotopic (exact) mass is 348 g/mol. The van der Waals surface area contributed by atoms with Gasteiger partial charge in [-0.15, -0.1) is 0 Å². The molecule has 0 radical (unpaired) electrons. The summed E-state index contributed by atoms with van der Waals surface area (Å²) in [5.41, 5.74) is 5.60. The van der Waals surface area contributed by atoms with Crippen LogP contribution in [0.4, 0.5) is 0 Å². The second-order valence-corrected chi connectivity index (χ2v) is 6.28. The first-order valence-corrected chi connectivity index (χ1v) is 8.16. The second-order valence-electron chi connectivity index (χ2n) is 5.92. The lowest BCUT2D eigenvalue weighted by Crippen LogP contribution is -1.95. The molecule has 5 aromatic rings. The zero-order chi connectivity index (χ0) is 17.0. The van der Waals surface area contributed by atoms with Crippen molar-refractivity contribution >= 4 is 33.7 Å². The third kappa shape index (κ3) is 2.08. The summed E-state index contributed by atoms with van der Waals surface area (Å²) in [4.78, 5) is 16.1. The molecule has 0 amide bonds. The van der Waals surface area contributed by atoms with Crippen LogP contribution in [0.3, 0.4) is 0 Å². The number of aromatic amines is 1. The first-order chi connectivity index (χ1) is 12.2. The maximum absolute atomic E-state index is 6.14. The Balaban J connectivity index is 1.80. The molecule has 5 rings (SSSR count). The van der Waals surface area contributed by atoms with Crippen molar-refractivity contribution in [3.05, 3.63) is 60.7 Å². The number of benzene rings is 1. The molecule has 4 heterocycles. The van der Waals surface area contributed by atoms with E-state index in [4.69, 9.17) is 11.6 Å². The van der Waals surface area contributed by atoms with E-state index in [0.717, 1.165) is 22.3 Å². The van der Waals surface area contributed by atoms with E-state index >= 15 is 0 Å². The molecule has 0 atom stereocenters. The number of hydrogen-bond donors (Lipinski definition) is 1. The summed E-state index contributed by atoms with van der Waals surface area (Å²) in [6.07, 6.45) is 9.37. The Kier molecular flexibility index (Phi) is 2.96. The van der Waals surface area contributed by atoms with Crippen LogP contribution in [0.1, 0.15) is 0 Å². The second kappa shape index (κ2) is 5.19. The molecule has 0 spiro atoms. The van der Waals surface area contributed by atoms with E-state index < -0.39 is 0 Å². The molecule has 122 valence electrons. The van der Waals surface area contributed by atoms with E-state index in [-0.39, 0.29) is 0 Å². The zero-order valence-corrected chi connectivity index (χ0v) is 14.1. The largest absolute Gasteiger partial charge is 0.361 e. The van der Waals surface area contributed by atoms with Gasteiger partial charge in [-0.1, -0.05) is 29.8 Å². The molecular weight excluding hydrogens is 336 g/mol. The Morgan fingerprint density at radius 3 is 2.84 bits per heavy atom. The van der Waals surface area contributed by atoms with Gasteiger partial charge in [-0.25, -0.2) is 15.0 Å². The predicted molar refractivity (Wildman–Crippen MR) is 97.9 cm³/mol. The third-order valence-corrected chi connectivity index (χ3v) is 4.64. The Hall–Kier alpha value is -3.12. The Morgan fingerprint density at radius 2 is 1.92 bits per heavy atom. The number of rotatable bonds is 2. The van der Waals surface area contributed by atoms with Crippen molar-refractivity contribution in [1.29, 1.82) is 0 Å². The summed E-state index contributed by atoms with van der Waals surface area (Å²) in [5.74, 6) is 0. The van der Waals surface area contributed by atoms with Crippen molar-refractivity contribution in [3.63, 3.8) is 0 Å². The van der Waals surface area contributed by atoms with E-state index in [1.165, 1.54) is 11.7 Å². The van der Waals surface area contributed by atoms with Crippen LogP contribution in [-0.2, 0) is 7.05 Å². The van der Waals surface area contributed by atoms with Crippen molar-refractivity contribution in [2.75, 3.05) is 0 Å². The van der Waals surface area contributed by atoms with Crippen LogP contribution < -0.4 is 0 Å². The Bertz CT molecular complexity index is 1230. The van der Waals surface area contributed by atoms with Crippen molar-refractivity contribution < 1.29 is 0 Å². The van der Waals surface area contributed by atoms with Crippen molar-refractivity contribution in [3.8, 4) is 16.8 Å². The predicted octanol–water partition coefficient (Wildman–Crippen LogP) is 3.96. The standard InChI is InChI=1S/C18H13ClN6/c1-24-7-13(12-6-20-14-5-3-2-4-11(12)14)15(8-24)25-10-23-16-17(19)21-9-22-18(16)25/h2-10,20H,1H3. The molecule has 0 aliphatic rings. The summed E-state index contributed by atoms with van der Waals surface area (Å²) < 4.78 is 3.97. The number of nitrogens with zero attached hydrogens (tertiary/aromatic N) is 5. The average Bonchev–Trinajstić information content (AvgIpc) is 3.31. The van der Waals surface area contributed by atoms with Crippen molar-refractivity contribution in [2.24, 2.45) is 7.05 Å². The van der Waals surface area contributed by atoms with Gasteiger partial charge in [0.1, 0.15) is 18.2 Å². The maximum atomic E-state index is 6.14. The normalized spacial score (nSPS) is 11.6. The molecule has 0 bridgehead atoms. The number of imidazole rings is 1. The number of H-pyrrole nitrogens is 1. The van der Waals surface area contributed by atoms with Crippen LogP contribution in [0, 0.1) is 0 Å². The minimum atomic E-state index is 0.355. The molecular formula is C18H13ClN6. The number of hydrogen-bond acceptors (Lipinski definition) is 3. The van der Waals surface area contributed by atoms with E-state index in [9.17, 15) is 0 Å². The molecule has 7 heteroatoms. The number of fused-ring (bicyclic) bond motifs is 2. The molecule has 1 N–H and O–H groups in total. The SMILES string of the molecule is Cn1cc(-c2c[nH]c3ccccc23)c(-n2cnc3c(Cl)ncnc32)c1. The number of nitrogens with one attached hydrogen (secondary N) is 1. The number of para-hydroxylation sites is 1. The average molecular weight is 349 g/mol. The molecule has 0 aliphatic carbocycles. The fourth-order valence-electron chi connectivity index (χ4n) is 3.25. The lowest BCUT2D eigenvalue weighted by atomic mass is 10.1. The summed E-state index contributed by atoms with van der Waals surface area (Å²) >= 11 is 6.14. The summed E-state index contributed by atoms with van der Waals surface area (Å²) in [6.45, 7) is 0. The Morgan fingerprint density at radius 1 is 1.04 bits per heavy atom. The molecule has 0 saturated heterocycles. The fraction of sp³-hybridized carbons (Fsp3) is 0.0556. The van der Waals surface area contributed by atoms with Crippen molar-refractivity contribution in [2.45, 2.75) is 0 Å². The highest BCUT2D eigenvalue weighted by atomic mass is 35.5. The number of aryl methyl sites for hydroxylation is 1. The van der Waals surface area contributed by atoms with Gasteiger partial charge >= 0.3 is 0 Å². The van der Waals surface area contributed by atoms with Gasteiger partial charge < -0.3 is 9.55 Å². The molecule has 1 aromatic carbocycles. The first kappa shape index (κ1) is 14.2. The molecule has 4 aromatic heterocycles. The van der Waals surface area contributed by atoms with Crippen LogP contribution in [0.25, 0.3) is 38.9 Å². The van der Waals surface area contributed by atoms with Gasteiger partial charge in [-0.3, -0.25) is 4.57 Å². The van der Waals surface area contributed by atoms with Crippen LogP contribution in [-0.4, -0.2) is 29.1 Å². The van der Waals surface area contributed by atoms with Gasteiger partial charge in [0.05, 0.1) is 5.69 Å². The van der Waals surface area contributed by atoms with E-state index in [2.05, 4.69) is 38.3 Å². The van der Waals surface area contributed by atoms with Gasteiger partial charge in [0.25, 0.3) is 0 Å². The molecule has 0 aliphatic heterocycles. The highest BCUT2D eigenvalue weighted by Crippen LogP contribution is 2.34. The summed E-state index contributed by atoms with van der Waals surface area (Å²) in [7, 11) is 2.00. The minimum Gasteiger partial charge on any atom is -0.361 e. The zero-order valence-electron chi connectivity index (χ0n) is 13.3. The topological polar surface area (TPSA) is 64.3 Å². The van der Waals surface area contributed by atoms with Crippen molar-refractivity contribution in [1.82, 2.24) is 29.1 Å². The lowest BCUT2D eigenvalue weighted by molar-refractivity contribution is 0.920. The van der Waals surface area contributed by atoms with Gasteiger partial charge in [0.15, 0.2) is 10.8 Å². The van der Waals surface area contributed by atoms with Crippen LogP contribution >= 0.6 is 11.6 Å². The summed E-state index contributed by atoms with van der Waals surface area (Å²) in [5, 5.41) is 1.53. The van der Waals surface area contributed by atoms with Gasteiger partial charge in [-0.05, 0) is 6.07 Å². The quantitative estimate of drug-likeness (QED) is 0.491. The third-order valence-electron chi connectivity index (χ3n) is 4.36. The van der Waals surface area contributed by atoms with Crippen LogP contribution in [0.15, 0.2) is 55.5 Å². The van der Waals surface area contributed by atoms with Gasteiger partial charge in [0.2, 0.25) is 0 Å². The highest BCUT2D eigenvalue weighted by Gasteiger charge is 2.17. The van der Waals surface area contributed by atoms with Crippen LogP contribution in [0.2, 0.25) is 5.15 Å². The molecule has 0 unspecified atom stereocenters. The minimum absolute atomic E-state index is 0.355. The highest BCUT2D eigenvalue weighted by molar-refractivity contribution is 6.33. The van der Waals surface area contributed by atoms with E-state index in [0.29, 0.717) is 16.3 Å². The number of aromatic nitrogens is 6. The van der Waals surface area contributed by atoms with Gasteiger partial charge in [-0.2, -0.15) is 0 Å². The first-order valence-electron chi connectivity index (χ1n) is 7.79. The lowest BCUT2D eigenvalue weighted by Gasteiger charge is -2.05. The maximum Gasteiger partial charge on any atom is 0.169 e. The van der Waals surface area contributed by atoms with Gasteiger partial charge in [0, 0.05) is 47.7 Å². The van der Waals surface area contributed by atoms with E-state index in [1.807, 2.05) is 40.7 Å². The molecule has 25 heavy (non-hydrogen) atoms. The molecule has 0 saturated carbocycles. The Labute approximate surface area is 147 Å². The molecule has 6 nitrogen and oxygen atoms in total.